The van der Waals surface area contributed by atoms with Crippen molar-refractivity contribution in [1.29, 1.82) is 0 Å². The van der Waals surface area contributed by atoms with Crippen LogP contribution in [-0.4, -0.2) is 31.9 Å². The van der Waals surface area contributed by atoms with Crippen LogP contribution in [0.1, 0.15) is 24.2 Å². The van der Waals surface area contributed by atoms with Gasteiger partial charge in [-0.1, -0.05) is 0 Å². The molecule has 3 heterocycles. The number of rotatable bonds is 4. The number of ether oxygens (including phenoxy) is 1. The molecule has 0 aliphatic rings. The molecule has 126 valence electrons. The molecule has 1 aromatic carbocycles. The van der Waals surface area contributed by atoms with E-state index in [4.69, 9.17) is 4.74 Å². The van der Waals surface area contributed by atoms with Crippen molar-refractivity contribution in [3.8, 4) is 11.6 Å². The lowest BCUT2D eigenvalue weighted by Crippen LogP contribution is -2.29. The molecule has 7 heteroatoms. The lowest BCUT2D eigenvalue weighted by atomic mass is 10.2. The molecular formula is C18H17N5O2. The van der Waals surface area contributed by atoms with Crippen molar-refractivity contribution in [1.82, 2.24) is 25.3 Å². The average Bonchev–Trinajstić information content (AvgIpc) is 3.19. The van der Waals surface area contributed by atoms with Crippen LogP contribution in [0.25, 0.3) is 22.1 Å². The Bertz CT molecular complexity index is 1060. The highest BCUT2D eigenvalue weighted by Gasteiger charge is 2.16. The third kappa shape index (κ3) is 2.91. The summed E-state index contributed by atoms with van der Waals surface area (Å²) < 4.78 is 5.81. The third-order valence-corrected chi connectivity index (χ3v) is 3.77. The molecule has 0 spiro atoms. The normalized spacial score (nSPS) is 11.3. The van der Waals surface area contributed by atoms with Crippen LogP contribution in [0, 0.1) is 0 Å². The standard InChI is InChI=1S/C18H17N5O2/c1-10(2)22-18(24)13-8-20-17-16(13)23-15(9-21-17)25-12-4-3-11-5-6-19-14(11)7-12/h3-10,19H,1-2H3,(H,20,21)(H,22,24). The smallest absolute Gasteiger partial charge is 0.255 e. The van der Waals surface area contributed by atoms with Gasteiger partial charge in [-0.15, -0.1) is 0 Å². The Morgan fingerprint density at radius 1 is 1.24 bits per heavy atom. The van der Waals surface area contributed by atoms with Crippen LogP contribution >= 0.6 is 0 Å². The zero-order valence-electron chi connectivity index (χ0n) is 13.8. The second kappa shape index (κ2) is 5.94. The zero-order valence-corrected chi connectivity index (χ0v) is 13.8. The van der Waals surface area contributed by atoms with E-state index in [9.17, 15) is 4.79 Å². The largest absolute Gasteiger partial charge is 0.437 e. The van der Waals surface area contributed by atoms with E-state index in [2.05, 4.69) is 25.3 Å². The van der Waals surface area contributed by atoms with Crippen LogP contribution in [0.15, 0.2) is 42.9 Å². The summed E-state index contributed by atoms with van der Waals surface area (Å²) in [5.74, 6) is 0.782. The van der Waals surface area contributed by atoms with Crippen LogP contribution in [0.4, 0.5) is 0 Å². The van der Waals surface area contributed by atoms with Gasteiger partial charge in [0.05, 0.1) is 11.8 Å². The molecule has 3 aromatic heterocycles. The molecule has 0 fully saturated rings. The summed E-state index contributed by atoms with van der Waals surface area (Å²) in [7, 11) is 0. The number of H-pyrrole nitrogens is 2. The maximum absolute atomic E-state index is 12.3. The monoisotopic (exact) mass is 335 g/mol. The molecule has 0 atom stereocenters. The van der Waals surface area contributed by atoms with Gasteiger partial charge in [0.2, 0.25) is 5.88 Å². The fraction of sp³-hybridized carbons (Fsp3) is 0.167. The lowest BCUT2D eigenvalue weighted by molar-refractivity contribution is 0.0944. The van der Waals surface area contributed by atoms with Crippen LogP contribution in [0.5, 0.6) is 11.6 Å². The van der Waals surface area contributed by atoms with Gasteiger partial charge in [-0.25, -0.2) is 9.97 Å². The van der Waals surface area contributed by atoms with Gasteiger partial charge in [0.15, 0.2) is 5.65 Å². The second-order valence-electron chi connectivity index (χ2n) is 6.06. The zero-order chi connectivity index (χ0) is 17.4. The number of carbonyl (C=O) groups is 1. The summed E-state index contributed by atoms with van der Waals surface area (Å²) >= 11 is 0. The topological polar surface area (TPSA) is 95.7 Å². The number of nitrogens with one attached hydrogen (secondary N) is 3. The fourth-order valence-electron chi connectivity index (χ4n) is 2.65. The first-order valence-electron chi connectivity index (χ1n) is 8.00. The first kappa shape index (κ1) is 15.2. The van der Waals surface area contributed by atoms with E-state index in [1.165, 1.54) is 6.20 Å². The number of amides is 1. The van der Waals surface area contributed by atoms with E-state index < -0.39 is 0 Å². The predicted molar refractivity (Wildman–Crippen MR) is 94.9 cm³/mol. The summed E-state index contributed by atoms with van der Waals surface area (Å²) in [6, 6.07) is 7.75. The third-order valence-electron chi connectivity index (χ3n) is 3.77. The van der Waals surface area contributed by atoms with E-state index in [0.717, 1.165) is 10.9 Å². The Morgan fingerprint density at radius 3 is 2.96 bits per heavy atom. The van der Waals surface area contributed by atoms with E-state index >= 15 is 0 Å². The second-order valence-corrected chi connectivity index (χ2v) is 6.06. The van der Waals surface area contributed by atoms with Crippen molar-refractivity contribution in [3.63, 3.8) is 0 Å². The van der Waals surface area contributed by atoms with Gasteiger partial charge in [-0.3, -0.25) is 4.79 Å². The lowest BCUT2D eigenvalue weighted by Gasteiger charge is -2.07. The van der Waals surface area contributed by atoms with Gasteiger partial charge < -0.3 is 20.0 Å². The first-order valence-corrected chi connectivity index (χ1v) is 8.00. The van der Waals surface area contributed by atoms with Crippen LogP contribution in [0.3, 0.4) is 0 Å². The average molecular weight is 335 g/mol. The number of fused-ring (bicyclic) bond motifs is 2. The molecule has 7 nitrogen and oxygen atoms in total. The molecule has 0 unspecified atom stereocenters. The van der Waals surface area contributed by atoms with Gasteiger partial charge in [0.25, 0.3) is 5.91 Å². The van der Waals surface area contributed by atoms with Crippen molar-refractivity contribution in [3.05, 3.63) is 48.4 Å². The summed E-state index contributed by atoms with van der Waals surface area (Å²) in [6.45, 7) is 3.81. The quantitative estimate of drug-likeness (QED) is 0.533. The number of hydrogen-bond acceptors (Lipinski definition) is 4. The molecule has 25 heavy (non-hydrogen) atoms. The number of nitrogens with zero attached hydrogens (tertiary/aromatic N) is 2. The molecule has 0 aliphatic carbocycles. The highest BCUT2D eigenvalue weighted by Crippen LogP contribution is 2.25. The highest BCUT2D eigenvalue weighted by atomic mass is 16.5. The minimum Gasteiger partial charge on any atom is -0.437 e. The van der Waals surface area contributed by atoms with E-state index in [1.54, 1.807) is 6.20 Å². The molecule has 0 saturated carbocycles. The van der Waals surface area contributed by atoms with Crippen LogP contribution in [-0.2, 0) is 0 Å². The van der Waals surface area contributed by atoms with E-state index in [0.29, 0.717) is 28.4 Å². The molecule has 0 bridgehead atoms. The number of benzene rings is 1. The Labute approximate surface area is 143 Å². The molecule has 3 N–H and O–H groups in total. The number of carbonyl (C=O) groups excluding carboxylic acids is 1. The molecule has 1 amide bonds. The molecular weight excluding hydrogens is 318 g/mol. The van der Waals surface area contributed by atoms with Gasteiger partial charge in [-0.05, 0) is 37.4 Å². The fourth-order valence-corrected chi connectivity index (χ4v) is 2.65. The van der Waals surface area contributed by atoms with Crippen LogP contribution < -0.4 is 10.1 Å². The van der Waals surface area contributed by atoms with Crippen molar-refractivity contribution >= 4 is 28.0 Å². The van der Waals surface area contributed by atoms with E-state index in [-0.39, 0.29) is 11.9 Å². The maximum Gasteiger partial charge on any atom is 0.255 e. The van der Waals surface area contributed by atoms with Crippen molar-refractivity contribution in [2.75, 3.05) is 0 Å². The Balaban J connectivity index is 1.66. The van der Waals surface area contributed by atoms with Crippen molar-refractivity contribution in [2.24, 2.45) is 0 Å². The van der Waals surface area contributed by atoms with Crippen LogP contribution in [0.2, 0.25) is 0 Å². The molecule has 0 aliphatic heterocycles. The number of aromatic nitrogens is 4. The number of aromatic amines is 2. The Hall–Kier alpha value is -3.35. The SMILES string of the molecule is CC(C)NC(=O)c1c[nH]c2ncc(Oc3ccc4cc[nH]c4c3)nc12. The minimum atomic E-state index is -0.194. The van der Waals surface area contributed by atoms with Gasteiger partial charge in [-0.2, -0.15) is 0 Å². The predicted octanol–water partition coefficient (Wildman–Crippen LogP) is 3.37. The first-order chi connectivity index (χ1) is 12.1. The van der Waals surface area contributed by atoms with Gasteiger partial charge in [0.1, 0.15) is 11.3 Å². The van der Waals surface area contributed by atoms with Crippen molar-refractivity contribution in [2.45, 2.75) is 19.9 Å². The maximum atomic E-state index is 12.3. The Kier molecular flexibility index (Phi) is 3.61. The molecule has 0 saturated heterocycles. The molecule has 0 radical (unpaired) electrons. The molecule has 4 aromatic rings. The summed E-state index contributed by atoms with van der Waals surface area (Å²) in [4.78, 5) is 27.1. The minimum absolute atomic E-state index is 0.0392. The van der Waals surface area contributed by atoms with E-state index in [1.807, 2.05) is 44.3 Å². The number of hydrogen-bond donors (Lipinski definition) is 3. The molecule has 4 rings (SSSR count). The highest BCUT2D eigenvalue weighted by molar-refractivity contribution is 6.04. The Morgan fingerprint density at radius 2 is 2.12 bits per heavy atom. The summed E-state index contributed by atoms with van der Waals surface area (Å²) in [5.41, 5.74) is 2.45. The van der Waals surface area contributed by atoms with Gasteiger partial charge in [0, 0.05) is 30.0 Å². The van der Waals surface area contributed by atoms with Crippen molar-refractivity contribution < 1.29 is 9.53 Å². The van der Waals surface area contributed by atoms with Gasteiger partial charge >= 0.3 is 0 Å². The summed E-state index contributed by atoms with van der Waals surface area (Å²) in [6.07, 6.45) is 5.01. The summed E-state index contributed by atoms with van der Waals surface area (Å²) in [5, 5.41) is 3.96.